The van der Waals surface area contributed by atoms with Gasteiger partial charge in [-0.05, 0) is 37.2 Å². The van der Waals surface area contributed by atoms with E-state index in [9.17, 15) is 0 Å². The largest absolute Gasteiger partial charge is 0.379 e. The van der Waals surface area contributed by atoms with Crippen molar-refractivity contribution in [1.29, 1.82) is 0 Å². The van der Waals surface area contributed by atoms with Crippen molar-refractivity contribution in [3.05, 3.63) is 35.9 Å². The van der Waals surface area contributed by atoms with E-state index < -0.39 is 0 Å². The lowest BCUT2D eigenvalue weighted by Crippen LogP contribution is -2.48. The number of guanidine groups is 1. The molecule has 0 bridgehead atoms. The Kier molecular flexibility index (Phi) is 7.96. The number of nitrogens with one attached hydrogen (secondary N) is 1. The summed E-state index contributed by atoms with van der Waals surface area (Å²) in [5, 5.41) is 3.51. The van der Waals surface area contributed by atoms with Crippen molar-refractivity contribution in [2.75, 3.05) is 59.0 Å². The minimum Gasteiger partial charge on any atom is -0.379 e. The van der Waals surface area contributed by atoms with Gasteiger partial charge in [-0.2, -0.15) is 0 Å². The topological polar surface area (TPSA) is 40.1 Å². The molecule has 2 heterocycles. The van der Waals surface area contributed by atoms with E-state index in [0.717, 1.165) is 71.4 Å². The van der Waals surface area contributed by atoms with Crippen molar-refractivity contribution in [2.24, 2.45) is 10.9 Å². The SMILES string of the molecule is CCNC(=NCCCN1CCOCC1)N1CCC(c2ccccc2)C(C)C1. The van der Waals surface area contributed by atoms with Crippen LogP contribution in [0.2, 0.25) is 0 Å². The Balaban J connectivity index is 1.50. The highest BCUT2D eigenvalue weighted by atomic mass is 16.5. The summed E-state index contributed by atoms with van der Waals surface area (Å²) in [6, 6.07) is 11.0. The molecule has 0 saturated carbocycles. The predicted octanol–water partition coefficient (Wildman–Crippen LogP) is 2.80. The van der Waals surface area contributed by atoms with Crippen molar-refractivity contribution in [2.45, 2.75) is 32.6 Å². The minimum atomic E-state index is 0.637. The summed E-state index contributed by atoms with van der Waals surface area (Å²) in [7, 11) is 0. The lowest BCUT2D eigenvalue weighted by atomic mass is 9.82. The Morgan fingerprint density at radius 3 is 2.67 bits per heavy atom. The van der Waals surface area contributed by atoms with Gasteiger partial charge in [0.15, 0.2) is 5.96 Å². The van der Waals surface area contributed by atoms with Gasteiger partial charge in [0, 0.05) is 45.8 Å². The van der Waals surface area contributed by atoms with Gasteiger partial charge in [0.1, 0.15) is 0 Å². The second-order valence-electron chi connectivity index (χ2n) is 7.77. The van der Waals surface area contributed by atoms with Crippen LogP contribution in [0.25, 0.3) is 0 Å². The predicted molar refractivity (Wildman–Crippen MR) is 112 cm³/mol. The fraction of sp³-hybridized carbons (Fsp3) is 0.682. The van der Waals surface area contributed by atoms with Crippen LogP contribution in [0.3, 0.4) is 0 Å². The van der Waals surface area contributed by atoms with E-state index >= 15 is 0 Å². The van der Waals surface area contributed by atoms with E-state index in [1.165, 1.54) is 12.0 Å². The molecule has 1 aromatic carbocycles. The first-order chi connectivity index (χ1) is 13.3. The molecule has 1 aromatic rings. The second-order valence-corrected chi connectivity index (χ2v) is 7.77. The molecule has 0 amide bonds. The van der Waals surface area contributed by atoms with E-state index in [1.54, 1.807) is 0 Å². The lowest BCUT2D eigenvalue weighted by Gasteiger charge is -2.39. The molecule has 5 heteroatoms. The Hall–Kier alpha value is -1.59. The van der Waals surface area contributed by atoms with Gasteiger partial charge in [-0.25, -0.2) is 0 Å². The molecule has 2 atom stereocenters. The molecule has 5 nitrogen and oxygen atoms in total. The third-order valence-corrected chi connectivity index (χ3v) is 5.77. The molecule has 0 aliphatic carbocycles. The molecular formula is C22H36N4O. The molecular weight excluding hydrogens is 336 g/mol. The Labute approximate surface area is 164 Å². The molecule has 2 saturated heterocycles. The number of ether oxygens (including phenoxy) is 1. The maximum Gasteiger partial charge on any atom is 0.193 e. The first kappa shape index (κ1) is 20.2. The molecule has 27 heavy (non-hydrogen) atoms. The monoisotopic (exact) mass is 372 g/mol. The number of aliphatic imine (C=N–C) groups is 1. The van der Waals surface area contributed by atoms with Crippen LogP contribution < -0.4 is 5.32 Å². The third kappa shape index (κ3) is 5.94. The first-order valence-electron chi connectivity index (χ1n) is 10.7. The highest BCUT2D eigenvalue weighted by Gasteiger charge is 2.28. The molecule has 2 aliphatic heterocycles. The number of nitrogens with zero attached hydrogens (tertiary/aromatic N) is 3. The van der Waals surface area contributed by atoms with Crippen LogP contribution in [0.15, 0.2) is 35.3 Å². The average molecular weight is 373 g/mol. The van der Waals surface area contributed by atoms with E-state index in [4.69, 9.17) is 9.73 Å². The van der Waals surface area contributed by atoms with E-state index in [-0.39, 0.29) is 0 Å². The van der Waals surface area contributed by atoms with Crippen LogP contribution in [0.4, 0.5) is 0 Å². The van der Waals surface area contributed by atoms with Gasteiger partial charge in [0.2, 0.25) is 0 Å². The minimum absolute atomic E-state index is 0.637. The van der Waals surface area contributed by atoms with Gasteiger partial charge < -0.3 is 15.0 Å². The Morgan fingerprint density at radius 2 is 1.96 bits per heavy atom. The van der Waals surface area contributed by atoms with Crippen LogP contribution >= 0.6 is 0 Å². The summed E-state index contributed by atoms with van der Waals surface area (Å²) in [6.07, 6.45) is 2.31. The number of hydrogen-bond donors (Lipinski definition) is 1. The molecule has 150 valence electrons. The number of morpholine rings is 1. The quantitative estimate of drug-likeness (QED) is 0.474. The van der Waals surface area contributed by atoms with Crippen LogP contribution in [0.1, 0.15) is 38.2 Å². The maximum atomic E-state index is 5.42. The van der Waals surface area contributed by atoms with Crippen LogP contribution in [0.5, 0.6) is 0 Å². The van der Waals surface area contributed by atoms with Gasteiger partial charge in [-0.1, -0.05) is 37.3 Å². The van der Waals surface area contributed by atoms with Gasteiger partial charge in [0.25, 0.3) is 0 Å². The zero-order valence-corrected chi connectivity index (χ0v) is 17.1. The zero-order chi connectivity index (χ0) is 18.9. The molecule has 2 fully saturated rings. The van der Waals surface area contributed by atoms with E-state index in [0.29, 0.717) is 11.8 Å². The second kappa shape index (κ2) is 10.7. The summed E-state index contributed by atoms with van der Waals surface area (Å²) in [4.78, 5) is 9.87. The van der Waals surface area contributed by atoms with Gasteiger partial charge in [-0.3, -0.25) is 9.89 Å². The number of benzene rings is 1. The fourth-order valence-corrected chi connectivity index (χ4v) is 4.26. The summed E-state index contributed by atoms with van der Waals surface area (Å²) >= 11 is 0. The maximum absolute atomic E-state index is 5.42. The highest BCUT2D eigenvalue weighted by molar-refractivity contribution is 5.80. The molecule has 0 spiro atoms. The number of likely N-dealkylation sites (tertiary alicyclic amines) is 1. The molecule has 1 N–H and O–H groups in total. The van der Waals surface area contributed by atoms with Crippen molar-refractivity contribution in [3.63, 3.8) is 0 Å². The van der Waals surface area contributed by atoms with Gasteiger partial charge in [-0.15, -0.1) is 0 Å². The van der Waals surface area contributed by atoms with Gasteiger partial charge >= 0.3 is 0 Å². The standard InChI is InChI=1S/C22H36N4O/c1-3-23-22(24-11-7-12-25-14-16-27-17-15-25)26-13-10-21(19(2)18-26)20-8-5-4-6-9-20/h4-6,8-9,19,21H,3,7,10-18H2,1-2H3,(H,23,24). The smallest absolute Gasteiger partial charge is 0.193 e. The molecule has 2 unspecified atom stereocenters. The number of hydrogen-bond acceptors (Lipinski definition) is 3. The van der Waals surface area contributed by atoms with Crippen LogP contribution in [-0.2, 0) is 4.74 Å². The van der Waals surface area contributed by atoms with Crippen LogP contribution in [-0.4, -0.2) is 74.8 Å². The van der Waals surface area contributed by atoms with Crippen molar-refractivity contribution < 1.29 is 4.74 Å². The molecule has 2 aliphatic rings. The normalized spacial score (nSPS) is 24.8. The average Bonchev–Trinajstić information content (AvgIpc) is 2.71. The zero-order valence-electron chi connectivity index (χ0n) is 17.1. The van der Waals surface area contributed by atoms with Crippen molar-refractivity contribution >= 4 is 5.96 Å². The Morgan fingerprint density at radius 1 is 1.19 bits per heavy atom. The van der Waals surface area contributed by atoms with Gasteiger partial charge in [0.05, 0.1) is 13.2 Å². The highest BCUT2D eigenvalue weighted by Crippen LogP contribution is 2.32. The van der Waals surface area contributed by atoms with Crippen molar-refractivity contribution in [3.8, 4) is 0 Å². The first-order valence-corrected chi connectivity index (χ1v) is 10.7. The van der Waals surface area contributed by atoms with Crippen molar-refractivity contribution in [1.82, 2.24) is 15.1 Å². The number of piperidine rings is 1. The van der Waals surface area contributed by atoms with Crippen LogP contribution in [0, 0.1) is 5.92 Å². The Bertz CT molecular complexity index is 571. The van der Waals surface area contributed by atoms with E-state index in [1.807, 2.05) is 0 Å². The summed E-state index contributed by atoms with van der Waals surface area (Å²) in [6.45, 7) is 13.5. The summed E-state index contributed by atoms with van der Waals surface area (Å²) < 4.78 is 5.42. The molecule has 0 aromatic heterocycles. The third-order valence-electron chi connectivity index (χ3n) is 5.77. The summed E-state index contributed by atoms with van der Waals surface area (Å²) in [5.74, 6) is 2.39. The van der Waals surface area contributed by atoms with E-state index in [2.05, 4.69) is 59.3 Å². The molecule has 3 rings (SSSR count). The summed E-state index contributed by atoms with van der Waals surface area (Å²) in [5.41, 5.74) is 1.48. The fourth-order valence-electron chi connectivity index (χ4n) is 4.26. The lowest BCUT2D eigenvalue weighted by molar-refractivity contribution is 0.0377. The molecule has 0 radical (unpaired) electrons. The number of rotatable bonds is 6.